The molecular formula is C23H41NO4Si. The number of carbonyl (C=O) groups excluding carboxylic acids is 1. The lowest BCUT2D eigenvalue weighted by Crippen LogP contribution is -2.53. The van der Waals surface area contributed by atoms with E-state index in [1.165, 1.54) is 0 Å². The second-order valence-electron chi connectivity index (χ2n) is 9.43. The molecule has 0 saturated carbocycles. The number of allylic oxidation sites excluding steroid dienone is 1. The van der Waals surface area contributed by atoms with Crippen LogP contribution in [-0.4, -0.2) is 63.1 Å². The highest BCUT2D eigenvalue weighted by Gasteiger charge is 2.46. The predicted molar refractivity (Wildman–Crippen MR) is 121 cm³/mol. The van der Waals surface area contributed by atoms with E-state index in [2.05, 4.69) is 38.4 Å². The molecule has 0 spiro atoms. The Hall–Kier alpha value is -1.11. The third-order valence-corrected chi connectivity index (χ3v) is 8.14. The Bertz CT molecular complexity index is 598. The summed E-state index contributed by atoms with van der Waals surface area (Å²) in [5.74, 6) is -0.283. The van der Waals surface area contributed by atoms with Crippen LogP contribution < -0.4 is 0 Å². The van der Waals surface area contributed by atoms with E-state index < -0.39 is 8.07 Å². The molecule has 29 heavy (non-hydrogen) atoms. The molecule has 0 amide bonds. The topological polar surface area (TPSA) is 48.0 Å². The van der Waals surface area contributed by atoms with Gasteiger partial charge < -0.3 is 19.1 Å². The average molecular weight is 424 g/mol. The maximum atomic E-state index is 12.4. The van der Waals surface area contributed by atoms with Gasteiger partial charge in [0.15, 0.2) is 6.10 Å². The van der Waals surface area contributed by atoms with Gasteiger partial charge in [-0.15, -0.1) is 0 Å². The molecule has 6 heteroatoms. The number of cyclic esters (lactones) is 1. The molecule has 2 aliphatic heterocycles. The van der Waals surface area contributed by atoms with Gasteiger partial charge in [-0.2, -0.15) is 0 Å². The maximum absolute atomic E-state index is 12.4. The fourth-order valence-corrected chi connectivity index (χ4v) is 5.35. The average Bonchev–Trinajstić information content (AvgIpc) is 3.14. The van der Waals surface area contributed by atoms with Crippen LogP contribution in [0, 0.1) is 0 Å². The monoisotopic (exact) mass is 423 g/mol. The van der Waals surface area contributed by atoms with Crippen LogP contribution in [-0.2, 0) is 19.0 Å². The van der Waals surface area contributed by atoms with Crippen molar-refractivity contribution in [3.63, 3.8) is 0 Å². The molecule has 2 rings (SSSR count). The summed E-state index contributed by atoms with van der Waals surface area (Å²) >= 11 is 0. The van der Waals surface area contributed by atoms with Crippen molar-refractivity contribution < 1.29 is 19.0 Å². The van der Waals surface area contributed by atoms with Crippen LogP contribution in [0.3, 0.4) is 0 Å². The Balaban J connectivity index is 2.34. The number of likely N-dealkylation sites (tertiary alicyclic amines) is 1. The Labute approximate surface area is 178 Å². The molecule has 2 heterocycles. The van der Waals surface area contributed by atoms with Crippen LogP contribution in [0.25, 0.3) is 0 Å². The van der Waals surface area contributed by atoms with Crippen LogP contribution >= 0.6 is 0 Å². The van der Waals surface area contributed by atoms with E-state index in [9.17, 15) is 4.79 Å². The molecule has 0 bridgehead atoms. The van der Waals surface area contributed by atoms with E-state index in [1.54, 1.807) is 6.08 Å². The van der Waals surface area contributed by atoms with Gasteiger partial charge in [-0.3, -0.25) is 0 Å². The van der Waals surface area contributed by atoms with Crippen LogP contribution in [0.5, 0.6) is 0 Å². The van der Waals surface area contributed by atoms with Crippen molar-refractivity contribution in [2.75, 3.05) is 20.3 Å². The van der Waals surface area contributed by atoms with E-state index in [1.807, 2.05) is 26.2 Å². The van der Waals surface area contributed by atoms with Crippen molar-refractivity contribution >= 4 is 14.0 Å². The highest BCUT2D eigenvalue weighted by Crippen LogP contribution is 2.39. The number of rotatable bonds is 10. The summed E-state index contributed by atoms with van der Waals surface area (Å²) in [5.41, 5.74) is 0.753. The van der Waals surface area contributed by atoms with Crippen LogP contribution in [0.15, 0.2) is 23.9 Å². The fraction of sp³-hybridized carbons (Fsp3) is 0.783. The Morgan fingerprint density at radius 3 is 2.55 bits per heavy atom. The van der Waals surface area contributed by atoms with E-state index in [0.717, 1.165) is 44.0 Å². The first-order chi connectivity index (χ1) is 13.7. The van der Waals surface area contributed by atoms with Crippen molar-refractivity contribution in [1.29, 1.82) is 0 Å². The highest BCUT2D eigenvalue weighted by atomic mass is 28.3. The number of ether oxygens (including phenoxy) is 3. The van der Waals surface area contributed by atoms with E-state index in [-0.39, 0.29) is 29.8 Å². The van der Waals surface area contributed by atoms with Crippen LogP contribution in [0.1, 0.15) is 46.5 Å². The van der Waals surface area contributed by atoms with Gasteiger partial charge in [0.1, 0.15) is 6.10 Å². The maximum Gasteiger partial charge on any atom is 0.333 e. The lowest BCUT2D eigenvalue weighted by atomic mass is 9.86. The van der Waals surface area contributed by atoms with Gasteiger partial charge in [0.25, 0.3) is 0 Å². The number of methoxy groups -OCH3 is 1. The molecule has 3 atom stereocenters. The molecule has 1 saturated heterocycles. The SMILES string of the molecule is C/C=C/[C@@H]1OC(=O)C=C(N2CCC[C@@H]2C(CC)(CC)OC)[C@@H]1OCC[Si](C)(C)C. The van der Waals surface area contributed by atoms with Crippen molar-refractivity contribution in [2.45, 2.75) is 96.0 Å². The van der Waals surface area contributed by atoms with Crippen molar-refractivity contribution in [2.24, 2.45) is 0 Å². The lowest BCUT2D eigenvalue weighted by Gasteiger charge is -2.45. The predicted octanol–water partition coefficient (Wildman–Crippen LogP) is 4.76. The summed E-state index contributed by atoms with van der Waals surface area (Å²) in [6.07, 6.45) is 8.95. The number of carbonyl (C=O) groups is 1. The quantitative estimate of drug-likeness (QED) is 0.288. The first kappa shape index (κ1) is 24.2. The van der Waals surface area contributed by atoms with Gasteiger partial charge in [-0.05, 0) is 44.7 Å². The van der Waals surface area contributed by atoms with Crippen molar-refractivity contribution in [3.05, 3.63) is 23.9 Å². The van der Waals surface area contributed by atoms with E-state index >= 15 is 0 Å². The zero-order chi connectivity index (χ0) is 21.7. The fourth-order valence-electron chi connectivity index (χ4n) is 4.62. The zero-order valence-corrected chi connectivity index (χ0v) is 20.5. The molecule has 0 aromatic heterocycles. The van der Waals surface area contributed by atoms with E-state index in [4.69, 9.17) is 14.2 Å². The van der Waals surface area contributed by atoms with Crippen molar-refractivity contribution in [1.82, 2.24) is 4.90 Å². The molecule has 0 aromatic rings. The molecular weight excluding hydrogens is 382 g/mol. The lowest BCUT2D eigenvalue weighted by molar-refractivity contribution is -0.151. The Kier molecular flexibility index (Phi) is 8.56. The summed E-state index contributed by atoms with van der Waals surface area (Å²) in [7, 11) is 0.603. The largest absolute Gasteiger partial charge is 0.452 e. The van der Waals surface area contributed by atoms with Gasteiger partial charge in [0.2, 0.25) is 0 Å². The Morgan fingerprint density at radius 2 is 2.00 bits per heavy atom. The number of esters is 1. The zero-order valence-electron chi connectivity index (χ0n) is 19.5. The summed E-state index contributed by atoms with van der Waals surface area (Å²) in [6.45, 7) is 15.0. The molecule has 0 unspecified atom stereocenters. The molecule has 0 radical (unpaired) electrons. The third kappa shape index (κ3) is 5.73. The summed E-state index contributed by atoms with van der Waals surface area (Å²) in [5, 5.41) is 0. The second kappa shape index (κ2) is 10.3. The van der Waals surface area contributed by atoms with Gasteiger partial charge in [-0.25, -0.2) is 4.79 Å². The number of hydrogen-bond donors (Lipinski definition) is 0. The molecule has 166 valence electrons. The van der Waals surface area contributed by atoms with Crippen LogP contribution in [0.4, 0.5) is 0 Å². The van der Waals surface area contributed by atoms with Gasteiger partial charge in [0, 0.05) is 34.4 Å². The smallest absolute Gasteiger partial charge is 0.333 e. The number of nitrogens with zero attached hydrogens (tertiary/aromatic N) is 1. The number of hydrogen-bond acceptors (Lipinski definition) is 5. The minimum absolute atomic E-state index is 0.211. The highest BCUT2D eigenvalue weighted by molar-refractivity contribution is 6.76. The standard InChI is InChI=1S/C23H41NO4Si/c1-8-12-19-22(27-15-16-29(5,6)7)18(17-21(25)28-19)24-14-11-13-20(24)23(9-2,10-3)26-4/h8,12,17,19-20,22H,9-11,13-16H2,1-7H3/b12-8+/t19-,20+,22-/m0/s1. The molecule has 5 nitrogen and oxygen atoms in total. The molecule has 0 aliphatic carbocycles. The molecule has 1 fully saturated rings. The molecule has 2 aliphatic rings. The minimum Gasteiger partial charge on any atom is -0.452 e. The second-order valence-corrected chi connectivity index (χ2v) is 15.0. The Morgan fingerprint density at radius 1 is 1.31 bits per heavy atom. The van der Waals surface area contributed by atoms with Gasteiger partial charge in [-0.1, -0.05) is 39.6 Å². The van der Waals surface area contributed by atoms with Gasteiger partial charge in [0.05, 0.1) is 17.3 Å². The first-order valence-corrected chi connectivity index (χ1v) is 14.9. The summed E-state index contributed by atoms with van der Waals surface area (Å²) < 4.78 is 18.1. The summed E-state index contributed by atoms with van der Waals surface area (Å²) in [6, 6.07) is 1.33. The molecule has 0 aromatic carbocycles. The minimum atomic E-state index is -1.21. The van der Waals surface area contributed by atoms with Crippen LogP contribution in [0.2, 0.25) is 25.7 Å². The molecule has 0 N–H and O–H groups in total. The third-order valence-electron chi connectivity index (χ3n) is 6.43. The van der Waals surface area contributed by atoms with Gasteiger partial charge >= 0.3 is 5.97 Å². The summed E-state index contributed by atoms with van der Waals surface area (Å²) in [4.78, 5) is 14.8. The van der Waals surface area contributed by atoms with E-state index in [0.29, 0.717) is 6.61 Å². The normalized spacial score (nSPS) is 26.2. The first-order valence-electron chi connectivity index (χ1n) is 11.2. The van der Waals surface area contributed by atoms with Crippen molar-refractivity contribution in [3.8, 4) is 0 Å².